The molecule has 1 aliphatic rings. The molecule has 0 atom stereocenters. The number of nitrogens with zero attached hydrogens (tertiary/aromatic N) is 1. The molecule has 0 aliphatic carbocycles. The summed E-state index contributed by atoms with van der Waals surface area (Å²) < 4.78 is 11.5. The van der Waals surface area contributed by atoms with E-state index in [1.54, 1.807) is 6.20 Å². The van der Waals surface area contributed by atoms with Crippen LogP contribution in [0, 0.1) is 5.92 Å². The molecule has 0 amide bonds. The zero-order valence-electron chi connectivity index (χ0n) is 7.07. The maximum atomic E-state index is 5.45. The van der Waals surface area contributed by atoms with Gasteiger partial charge in [0.25, 0.3) is 0 Å². The molecule has 0 bridgehead atoms. The van der Waals surface area contributed by atoms with Gasteiger partial charge in [0, 0.05) is 22.7 Å². The van der Waals surface area contributed by atoms with Crippen LogP contribution in [0.25, 0.3) is 0 Å². The van der Waals surface area contributed by atoms with Crippen molar-refractivity contribution in [3.8, 4) is 5.88 Å². The van der Waals surface area contributed by atoms with Gasteiger partial charge in [0.2, 0.25) is 5.88 Å². The van der Waals surface area contributed by atoms with Gasteiger partial charge in [0.15, 0.2) is 0 Å². The Kier molecular flexibility index (Phi) is 2.80. The molecule has 0 saturated carbocycles. The van der Waals surface area contributed by atoms with Gasteiger partial charge in [-0.1, -0.05) is 0 Å². The zero-order chi connectivity index (χ0) is 9.10. The normalized spacial score (nSPS) is 16.7. The summed E-state index contributed by atoms with van der Waals surface area (Å²) >= 11 is 3.31. The fraction of sp³-hybridized carbons (Fsp3) is 0.444. The van der Waals surface area contributed by atoms with Crippen LogP contribution in [0.5, 0.6) is 5.88 Å². The third kappa shape index (κ3) is 2.42. The summed E-state index contributed by atoms with van der Waals surface area (Å²) in [7, 11) is 0. The number of halogens is 1. The largest absolute Gasteiger partial charge is 0.477 e. The maximum absolute atomic E-state index is 5.45. The van der Waals surface area contributed by atoms with Gasteiger partial charge >= 0.3 is 0 Å². The van der Waals surface area contributed by atoms with Crippen LogP contribution >= 0.6 is 15.9 Å². The Morgan fingerprint density at radius 3 is 2.92 bits per heavy atom. The minimum atomic E-state index is 0.547. The number of hydrogen-bond donors (Lipinski definition) is 0. The summed E-state index contributed by atoms with van der Waals surface area (Å²) in [5, 5.41) is 0. The molecular formula is C9H10BrNO2. The van der Waals surface area contributed by atoms with E-state index in [2.05, 4.69) is 20.9 Å². The fourth-order valence-corrected chi connectivity index (χ4v) is 1.27. The van der Waals surface area contributed by atoms with Gasteiger partial charge in [-0.25, -0.2) is 4.98 Å². The lowest BCUT2D eigenvalue weighted by atomic mass is 10.1. The van der Waals surface area contributed by atoms with Crippen LogP contribution in [0.1, 0.15) is 0 Å². The molecule has 2 heterocycles. The van der Waals surface area contributed by atoms with E-state index < -0.39 is 0 Å². The Morgan fingerprint density at radius 2 is 2.38 bits per heavy atom. The van der Waals surface area contributed by atoms with Crippen molar-refractivity contribution in [1.29, 1.82) is 0 Å². The fourth-order valence-electron chi connectivity index (χ4n) is 1.03. The van der Waals surface area contributed by atoms with Gasteiger partial charge in [-0.2, -0.15) is 0 Å². The van der Waals surface area contributed by atoms with Crippen molar-refractivity contribution < 1.29 is 9.47 Å². The molecule has 13 heavy (non-hydrogen) atoms. The number of ether oxygens (including phenoxy) is 2. The van der Waals surface area contributed by atoms with Crippen LogP contribution < -0.4 is 4.74 Å². The number of aromatic nitrogens is 1. The number of hydrogen-bond acceptors (Lipinski definition) is 3. The highest BCUT2D eigenvalue weighted by Crippen LogP contribution is 2.15. The number of rotatable bonds is 3. The van der Waals surface area contributed by atoms with Crippen LogP contribution in [0.2, 0.25) is 0 Å². The van der Waals surface area contributed by atoms with E-state index in [0.29, 0.717) is 18.4 Å². The number of pyridine rings is 1. The van der Waals surface area contributed by atoms with E-state index in [9.17, 15) is 0 Å². The third-order valence-corrected chi connectivity index (χ3v) is 2.34. The lowest BCUT2D eigenvalue weighted by molar-refractivity contribution is -0.0514. The maximum Gasteiger partial charge on any atom is 0.213 e. The molecule has 0 spiro atoms. The summed E-state index contributed by atoms with van der Waals surface area (Å²) in [6.07, 6.45) is 1.73. The standard InChI is InChI=1S/C9H10BrNO2/c10-8-1-2-9(11-3-8)13-6-7-4-12-5-7/h1-3,7H,4-6H2. The first kappa shape index (κ1) is 8.97. The highest BCUT2D eigenvalue weighted by molar-refractivity contribution is 9.10. The summed E-state index contributed by atoms with van der Waals surface area (Å²) in [5.41, 5.74) is 0. The Labute approximate surface area is 85.2 Å². The second-order valence-corrected chi connectivity index (χ2v) is 3.94. The molecule has 0 N–H and O–H groups in total. The minimum Gasteiger partial charge on any atom is -0.477 e. The summed E-state index contributed by atoms with van der Waals surface area (Å²) in [5.74, 6) is 1.22. The van der Waals surface area contributed by atoms with Crippen molar-refractivity contribution >= 4 is 15.9 Å². The summed E-state index contributed by atoms with van der Waals surface area (Å²) in [6.45, 7) is 2.34. The van der Waals surface area contributed by atoms with E-state index >= 15 is 0 Å². The molecule has 2 rings (SSSR count). The lowest BCUT2D eigenvalue weighted by Gasteiger charge is -2.25. The van der Waals surface area contributed by atoms with Gasteiger partial charge in [-0.15, -0.1) is 0 Å². The van der Waals surface area contributed by atoms with Gasteiger partial charge in [0.05, 0.1) is 19.8 Å². The monoisotopic (exact) mass is 243 g/mol. The van der Waals surface area contributed by atoms with Gasteiger partial charge in [0.1, 0.15) is 0 Å². The molecular weight excluding hydrogens is 234 g/mol. The highest BCUT2D eigenvalue weighted by atomic mass is 79.9. The van der Waals surface area contributed by atoms with Crippen molar-refractivity contribution in [3.05, 3.63) is 22.8 Å². The second-order valence-electron chi connectivity index (χ2n) is 3.03. The van der Waals surface area contributed by atoms with Crippen molar-refractivity contribution in [2.75, 3.05) is 19.8 Å². The van der Waals surface area contributed by atoms with Crippen LogP contribution in [-0.4, -0.2) is 24.8 Å². The smallest absolute Gasteiger partial charge is 0.213 e. The SMILES string of the molecule is Brc1ccc(OCC2COC2)nc1. The molecule has 0 radical (unpaired) electrons. The Balaban J connectivity index is 1.83. The highest BCUT2D eigenvalue weighted by Gasteiger charge is 2.18. The first-order chi connectivity index (χ1) is 6.34. The van der Waals surface area contributed by atoms with Crippen LogP contribution in [0.15, 0.2) is 22.8 Å². The van der Waals surface area contributed by atoms with E-state index in [1.165, 1.54) is 0 Å². The van der Waals surface area contributed by atoms with Crippen LogP contribution in [0.4, 0.5) is 0 Å². The summed E-state index contributed by atoms with van der Waals surface area (Å²) in [4.78, 5) is 4.10. The van der Waals surface area contributed by atoms with E-state index in [-0.39, 0.29) is 0 Å². The Bertz CT molecular complexity index is 271. The van der Waals surface area contributed by atoms with Crippen molar-refractivity contribution in [3.63, 3.8) is 0 Å². The average Bonchev–Trinajstić information content (AvgIpc) is 2.05. The molecule has 70 valence electrons. The molecule has 1 aromatic rings. The van der Waals surface area contributed by atoms with Crippen LogP contribution in [0.3, 0.4) is 0 Å². The van der Waals surface area contributed by atoms with Crippen molar-refractivity contribution in [2.45, 2.75) is 0 Å². The third-order valence-electron chi connectivity index (χ3n) is 1.87. The second kappa shape index (κ2) is 4.07. The molecule has 1 aliphatic heterocycles. The van der Waals surface area contributed by atoms with Crippen LogP contribution in [-0.2, 0) is 4.74 Å². The molecule has 1 aromatic heterocycles. The molecule has 0 aromatic carbocycles. The first-order valence-corrected chi connectivity index (χ1v) is 4.96. The van der Waals surface area contributed by atoms with Gasteiger partial charge < -0.3 is 9.47 Å². The molecule has 4 heteroatoms. The predicted octanol–water partition coefficient (Wildman–Crippen LogP) is 1.87. The summed E-state index contributed by atoms with van der Waals surface area (Å²) in [6, 6.07) is 3.77. The van der Waals surface area contributed by atoms with Crippen molar-refractivity contribution in [1.82, 2.24) is 4.98 Å². The molecule has 3 nitrogen and oxygen atoms in total. The van der Waals surface area contributed by atoms with E-state index in [0.717, 1.165) is 17.7 Å². The Morgan fingerprint density at radius 1 is 1.54 bits per heavy atom. The predicted molar refractivity (Wildman–Crippen MR) is 51.7 cm³/mol. The average molecular weight is 244 g/mol. The van der Waals surface area contributed by atoms with Gasteiger partial charge in [-0.3, -0.25) is 0 Å². The zero-order valence-corrected chi connectivity index (χ0v) is 8.66. The molecule has 1 saturated heterocycles. The quantitative estimate of drug-likeness (QED) is 0.813. The first-order valence-electron chi connectivity index (χ1n) is 4.17. The minimum absolute atomic E-state index is 0.547. The molecule has 1 fully saturated rings. The van der Waals surface area contributed by atoms with Gasteiger partial charge in [-0.05, 0) is 22.0 Å². The van der Waals surface area contributed by atoms with E-state index in [1.807, 2.05) is 12.1 Å². The lowest BCUT2D eigenvalue weighted by Crippen LogP contribution is -2.32. The topological polar surface area (TPSA) is 31.4 Å². The Hall–Kier alpha value is -0.610. The van der Waals surface area contributed by atoms with E-state index in [4.69, 9.17) is 9.47 Å². The molecule has 0 unspecified atom stereocenters. The van der Waals surface area contributed by atoms with Crippen molar-refractivity contribution in [2.24, 2.45) is 5.92 Å².